The van der Waals surface area contributed by atoms with Crippen LogP contribution in [-0.4, -0.2) is 48.2 Å². The molecule has 2 unspecified atom stereocenters. The third-order valence-corrected chi connectivity index (χ3v) is 8.23. The van der Waals surface area contributed by atoms with Crippen LogP contribution in [0.3, 0.4) is 0 Å². The predicted octanol–water partition coefficient (Wildman–Crippen LogP) is 3.56. The van der Waals surface area contributed by atoms with Gasteiger partial charge in [-0.25, -0.2) is 0 Å². The van der Waals surface area contributed by atoms with E-state index < -0.39 is 0 Å². The third kappa shape index (κ3) is 2.89. The first kappa shape index (κ1) is 18.5. The molecule has 30 heavy (non-hydrogen) atoms. The zero-order chi connectivity index (χ0) is 20.5. The monoisotopic (exact) mass is 402 g/mol. The molecule has 1 saturated carbocycles. The number of rotatable bonds is 4. The number of hydrogen-bond acceptors (Lipinski definition) is 4. The van der Waals surface area contributed by atoms with E-state index in [1.54, 1.807) is 0 Å². The molecule has 5 nitrogen and oxygen atoms in total. The molecule has 0 bridgehead atoms. The number of benzene rings is 1. The summed E-state index contributed by atoms with van der Waals surface area (Å²) in [4.78, 5) is 24.5. The second-order valence-electron chi connectivity index (χ2n) is 10.3. The van der Waals surface area contributed by atoms with E-state index in [9.17, 15) is 4.79 Å². The van der Waals surface area contributed by atoms with E-state index in [0.717, 1.165) is 38.1 Å². The first-order valence-electron chi connectivity index (χ1n) is 11.4. The number of nitrogens with zero attached hydrogens (tertiary/aromatic N) is 3. The summed E-state index contributed by atoms with van der Waals surface area (Å²) < 4.78 is 0. The van der Waals surface area contributed by atoms with Crippen molar-refractivity contribution in [2.24, 2.45) is 28.2 Å². The van der Waals surface area contributed by atoms with Crippen LogP contribution in [0.2, 0.25) is 0 Å². The van der Waals surface area contributed by atoms with E-state index in [4.69, 9.17) is 4.98 Å². The summed E-state index contributed by atoms with van der Waals surface area (Å²) in [6.45, 7) is 8.51. The molecule has 0 spiro atoms. The number of carbonyl (C=O) groups excluding carboxylic acids is 1. The molecule has 5 heteroatoms. The van der Waals surface area contributed by atoms with Crippen molar-refractivity contribution in [2.45, 2.75) is 38.6 Å². The average molecular weight is 403 g/mol. The summed E-state index contributed by atoms with van der Waals surface area (Å²) >= 11 is 0. The number of hydrogen-bond donors (Lipinski definition) is 1. The first-order chi connectivity index (χ1) is 14.5. The molecule has 1 amide bonds. The van der Waals surface area contributed by atoms with Gasteiger partial charge in [-0.2, -0.15) is 0 Å². The summed E-state index contributed by atoms with van der Waals surface area (Å²) in [5, 5.41) is 4.69. The topological polar surface area (TPSA) is 57.6 Å². The van der Waals surface area contributed by atoms with Crippen LogP contribution in [0.15, 0.2) is 35.5 Å². The van der Waals surface area contributed by atoms with Crippen LogP contribution in [0.25, 0.3) is 10.9 Å². The molecular weight excluding hydrogens is 372 g/mol. The Bertz CT molecular complexity index is 1030. The lowest BCUT2D eigenvalue weighted by molar-refractivity contribution is -0.134. The van der Waals surface area contributed by atoms with E-state index >= 15 is 0 Å². The van der Waals surface area contributed by atoms with Crippen molar-refractivity contribution in [1.82, 2.24) is 15.2 Å². The molecule has 2 aromatic rings. The average Bonchev–Trinajstić information content (AvgIpc) is 3.60. The Labute approximate surface area is 178 Å². The molecule has 0 radical (unpaired) electrons. The second kappa shape index (κ2) is 6.61. The van der Waals surface area contributed by atoms with Gasteiger partial charge in [-0.3, -0.25) is 14.8 Å². The molecule has 156 valence electrons. The minimum absolute atomic E-state index is 0.202. The molecule has 1 aromatic heterocycles. The Hall–Kier alpha value is -2.27. The molecule has 3 aliphatic heterocycles. The molecule has 1 aliphatic carbocycles. The van der Waals surface area contributed by atoms with Crippen LogP contribution in [0.1, 0.15) is 49.8 Å². The number of nitrogens with one attached hydrogen (secondary N) is 1. The van der Waals surface area contributed by atoms with Gasteiger partial charge in [0.2, 0.25) is 5.91 Å². The van der Waals surface area contributed by atoms with Gasteiger partial charge in [-0.15, -0.1) is 0 Å². The summed E-state index contributed by atoms with van der Waals surface area (Å²) in [5.74, 6) is 2.64. The maximum atomic E-state index is 13.3. The van der Waals surface area contributed by atoms with Crippen LogP contribution in [0, 0.1) is 23.2 Å². The Kier molecular flexibility index (Phi) is 4.08. The van der Waals surface area contributed by atoms with Crippen LogP contribution in [0.5, 0.6) is 0 Å². The van der Waals surface area contributed by atoms with Crippen molar-refractivity contribution in [1.29, 1.82) is 0 Å². The normalized spacial score (nSPS) is 36.7. The van der Waals surface area contributed by atoms with E-state index in [2.05, 4.69) is 47.3 Å². The summed E-state index contributed by atoms with van der Waals surface area (Å²) in [7, 11) is 0. The van der Waals surface area contributed by atoms with Crippen LogP contribution in [-0.2, 0) is 4.79 Å². The highest BCUT2D eigenvalue weighted by molar-refractivity contribution is 5.92. The lowest BCUT2D eigenvalue weighted by atomic mass is 9.82. The Morgan fingerprint density at radius 2 is 1.97 bits per heavy atom. The molecule has 2 saturated heterocycles. The number of pyridine rings is 1. The van der Waals surface area contributed by atoms with E-state index in [1.807, 2.05) is 18.5 Å². The number of aliphatic imine (C=N–C) groups is 1. The number of aromatic nitrogens is 1. The first-order valence-corrected chi connectivity index (χ1v) is 11.4. The fourth-order valence-corrected chi connectivity index (χ4v) is 6.40. The standard InChI is InChI=1S/C25H30N4O/c1-15-8-16(14-29(13-15)23(30)9-25(2)20-10-26-11-21(20)25)17-5-6-19(22-12-28-22)24-18(17)4-3-7-27-24/h3-7,12,15-16,20-22,26H,8-11,13-14H2,1-2H3/t15-,16-,20-,21+,22?,25?/m1/s1. The van der Waals surface area contributed by atoms with Crippen LogP contribution < -0.4 is 5.32 Å². The van der Waals surface area contributed by atoms with Crippen molar-refractivity contribution in [3.8, 4) is 0 Å². The maximum absolute atomic E-state index is 13.3. The molecule has 4 heterocycles. The summed E-state index contributed by atoms with van der Waals surface area (Å²) in [6, 6.07) is 8.89. The van der Waals surface area contributed by atoms with Gasteiger partial charge in [-0.1, -0.05) is 32.0 Å². The molecular formula is C25H30N4O. The fraction of sp³-hybridized carbons (Fsp3) is 0.560. The van der Waals surface area contributed by atoms with Crippen molar-refractivity contribution in [2.75, 3.05) is 26.2 Å². The van der Waals surface area contributed by atoms with Gasteiger partial charge >= 0.3 is 0 Å². The maximum Gasteiger partial charge on any atom is 0.223 e. The molecule has 1 aromatic carbocycles. The highest BCUT2D eigenvalue weighted by Crippen LogP contribution is 2.62. The predicted molar refractivity (Wildman–Crippen MR) is 119 cm³/mol. The van der Waals surface area contributed by atoms with Crippen molar-refractivity contribution in [3.63, 3.8) is 0 Å². The van der Waals surface area contributed by atoms with Gasteiger partial charge in [0.1, 0.15) is 6.04 Å². The second-order valence-corrected chi connectivity index (χ2v) is 10.3. The van der Waals surface area contributed by atoms with Crippen LogP contribution in [0.4, 0.5) is 0 Å². The zero-order valence-corrected chi connectivity index (χ0v) is 17.8. The van der Waals surface area contributed by atoms with Crippen molar-refractivity contribution >= 4 is 23.0 Å². The van der Waals surface area contributed by atoms with Gasteiger partial charge < -0.3 is 10.2 Å². The Morgan fingerprint density at radius 3 is 2.73 bits per heavy atom. The van der Waals surface area contributed by atoms with Gasteiger partial charge in [-0.05, 0) is 54.3 Å². The van der Waals surface area contributed by atoms with Crippen molar-refractivity contribution in [3.05, 3.63) is 41.6 Å². The van der Waals surface area contributed by atoms with Gasteiger partial charge in [0.15, 0.2) is 0 Å². The molecule has 1 N–H and O–H groups in total. The smallest absolute Gasteiger partial charge is 0.223 e. The SMILES string of the molecule is C[C@@H]1C[C@@H](c2ccc(C3C=N3)c3ncccc23)CN(C(=O)CC2(C)[C@@H]3CNC[C@@H]32)C1. The van der Waals surface area contributed by atoms with Gasteiger partial charge in [0, 0.05) is 48.8 Å². The number of likely N-dealkylation sites (tertiary alicyclic amines) is 1. The number of fused-ring (bicyclic) bond motifs is 2. The van der Waals surface area contributed by atoms with E-state index in [1.165, 1.54) is 16.5 Å². The molecule has 6 atom stereocenters. The summed E-state index contributed by atoms with van der Waals surface area (Å²) in [5.41, 5.74) is 3.83. The lowest BCUT2D eigenvalue weighted by Crippen LogP contribution is -2.43. The van der Waals surface area contributed by atoms with E-state index in [0.29, 0.717) is 36.0 Å². The van der Waals surface area contributed by atoms with Crippen molar-refractivity contribution < 1.29 is 4.79 Å². The lowest BCUT2D eigenvalue weighted by Gasteiger charge is -2.38. The number of carbonyl (C=O) groups is 1. The molecule has 3 fully saturated rings. The Morgan fingerprint density at radius 1 is 1.20 bits per heavy atom. The largest absolute Gasteiger partial charge is 0.342 e. The number of amides is 1. The highest BCUT2D eigenvalue weighted by Gasteiger charge is 2.63. The van der Waals surface area contributed by atoms with E-state index in [-0.39, 0.29) is 11.5 Å². The van der Waals surface area contributed by atoms with Gasteiger partial charge in [0.25, 0.3) is 0 Å². The quantitative estimate of drug-likeness (QED) is 0.851. The molecule has 6 rings (SSSR count). The molecule has 4 aliphatic rings. The van der Waals surface area contributed by atoms with Gasteiger partial charge in [0.05, 0.1) is 5.52 Å². The zero-order valence-electron chi connectivity index (χ0n) is 17.8. The fourth-order valence-electron chi connectivity index (χ4n) is 6.40. The highest BCUT2D eigenvalue weighted by atomic mass is 16.2. The number of piperidine rings is 2. The van der Waals surface area contributed by atoms with Crippen LogP contribution >= 0.6 is 0 Å². The third-order valence-electron chi connectivity index (χ3n) is 8.23. The Balaban J connectivity index is 1.25. The summed E-state index contributed by atoms with van der Waals surface area (Å²) in [6.07, 6.45) is 5.69. The minimum atomic E-state index is 0.202. The minimum Gasteiger partial charge on any atom is -0.342 e.